The molecular formula is C30H37F2N3O4. The second-order valence-corrected chi connectivity index (χ2v) is 12.0. The lowest BCUT2D eigenvalue weighted by atomic mass is 9.65. The van der Waals surface area contributed by atoms with Gasteiger partial charge in [0, 0.05) is 69.2 Å². The van der Waals surface area contributed by atoms with Crippen molar-refractivity contribution >= 4 is 11.8 Å². The number of carbonyl (C=O) groups excluding carboxylic acids is 2. The number of piperidine rings is 1. The standard InChI is InChI=1S/C30H37F2N3O4/c1-33(2)27(38)24-18-35(25(36)16-23(24)21-8-4-3-5-9-21)20-29(39)14-15-34(19-28(29)11-6-7-12-28)26(37)22-10-13-30(31,32)17-22/h3-5,8-9,16,18,22,39H,6-7,10-15,17,19-20H2,1-2H3. The van der Waals surface area contributed by atoms with Crippen LogP contribution < -0.4 is 5.56 Å². The number of likely N-dealkylation sites (tertiary alicyclic amines) is 1. The van der Waals surface area contributed by atoms with Crippen LogP contribution in [-0.2, 0) is 11.3 Å². The fourth-order valence-corrected chi connectivity index (χ4v) is 6.95. The van der Waals surface area contributed by atoms with Crippen molar-refractivity contribution < 1.29 is 23.5 Å². The molecule has 0 bridgehead atoms. The van der Waals surface area contributed by atoms with E-state index in [0.717, 1.165) is 18.4 Å². The van der Waals surface area contributed by atoms with Gasteiger partial charge in [-0.25, -0.2) is 8.78 Å². The Bertz CT molecular complexity index is 1300. The van der Waals surface area contributed by atoms with Gasteiger partial charge >= 0.3 is 0 Å². The fourth-order valence-electron chi connectivity index (χ4n) is 6.95. The van der Waals surface area contributed by atoms with E-state index in [9.17, 15) is 28.3 Å². The van der Waals surface area contributed by atoms with E-state index in [0.29, 0.717) is 30.5 Å². The summed E-state index contributed by atoms with van der Waals surface area (Å²) in [6.07, 6.45) is 4.45. The zero-order valence-electron chi connectivity index (χ0n) is 22.7. The SMILES string of the molecule is CN(C)C(=O)c1cn(CC2(O)CCN(C(=O)C3CCC(F)(F)C3)CC23CCCC3)c(=O)cc1-c1ccccc1. The lowest BCUT2D eigenvalue weighted by Crippen LogP contribution is -2.62. The van der Waals surface area contributed by atoms with Crippen LogP contribution in [0.2, 0.25) is 0 Å². The van der Waals surface area contributed by atoms with Gasteiger partial charge in [0.05, 0.1) is 17.7 Å². The molecule has 2 aliphatic carbocycles. The number of hydrogen-bond donors (Lipinski definition) is 1. The van der Waals surface area contributed by atoms with E-state index in [4.69, 9.17) is 0 Å². The molecule has 1 saturated heterocycles. The monoisotopic (exact) mass is 541 g/mol. The second kappa shape index (κ2) is 10.2. The summed E-state index contributed by atoms with van der Waals surface area (Å²) in [4.78, 5) is 42.9. The summed E-state index contributed by atoms with van der Waals surface area (Å²) in [7, 11) is 3.31. The van der Waals surface area contributed by atoms with Crippen molar-refractivity contribution in [3.63, 3.8) is 0 Å². The molecule has 2 unspecified atom stereocenters. The number of hydrogen-bond acceptors (Lipinski definition) is 4. The Morgan fingerprint density at radius 1 is 1.08 bits per heavy atom. The van der Waals surface area contributed by atoms with Gasteiger partial charge in [-0.15, -0.1) is 0 Å². The summed E-state index contributed by atoms with van der Waals surface area (Å²) in [6, 6.07) is 10.7. The van der Waals surface area contributed by atoms with Gasteiger partial charge in [-0.3, -0.25) is 14.4 Å². The van der Waals surface area contributed by atoms with Crippen LogP contribution in [0, 0.1) is 11.3 Å². The molecule has 3 fully saturated rings. The van der Waals surface area contributed by atoms with Gasteiger partial charge in [0.25, 0.3) is 11.5 Å². The molecule has 1 aliphatic heterocycles. The first kappa shape index (κ1) is 27.5. The third-order valence-electron chi connectivity index (χ3n) is 9.18. The van der Waals surface area contributed by atoms with E-state index in [2.05, 4.69) is 0 Å². The molecule has 1 aromatic heterocycles. The van der Waals surface area contributed by atoms with Crippen LogP contribution in [0.3, 0.4) is 0 Å². The minimum absolute atomic E-state index is 0.00184. The number of halogens is 2. The number of carbonyl (C=O) groups is 2. The molecule has 2 aromatic rings. The lowest BCUT2D eigenvalue weighted by Gasteiger charge is -2.52. The molecule has 2 saturated carbocycles. The summed E-state index contributed by atoms with van der Waals surface area (Å²) < 4.78 is 29.1. The molecule has 210 valence electrons. The van der Waals surface area contributed by atoms with E-state index >= 15 is 0 Å². The number of pyridine rings is 1. The molecule has 3 aliphatic rings. The Hall–Kier alpha value is -3.07. The van der Waals surface area contributed by atoms with E-state index in [1.54, 1.807) is 25.2 Å². The predicted octanol–water partition coefficient (Wildman–Crippen LogP) is 4.18. The minimum atomic E-state index is -2.79. The molecule has 1 aromatic carbocycles. The summed E-state index contributed by atoms with van der Waals surface area (Å²) in [6.45, 7) is 0.544. The first-order valence-corrected chi connectivity index (χ1v) is 13.8. The number of alkyl halides is 2. The van der Waals surface area contributed by atoms with Crippen LogP contribution in [0.1, 0.15) is 61.7 Å². The van der Waals surface area contributed by atoms with Crippen LogP contribution in [0.25, 0.3) is 11.1 Å². The van der Waals surface area contributed by atoms with Gasteiger partial charge in [-0.2, -0.15) is 0 Å². The fraction of sp³-hybridized carbons (Fsp3) is 0.567. The maximum atomic E-state index is 13.8. The van der Waals surface area contributed by atoms with Gasteiger partial charge in [0.2, 0.25) is 11.8 Å². The highest BCUT2D eigenvalue weighted by molar-refractivity contribution is 6.00. The van der Waals surface area contributed by atoms with Gasteiger partial charge < -0.3 is 19.5 Å². The summed E-state index contributed by atoms with van der Waals surface area (Å²) >= 11 is 0. The zero-order valence-corrected chi connectivity index (χ0v) is 22.7. The number of aliphatic hydroxyl groups is 1. The normalized spacial score (nSPS) is 25.7. The Morgan fingerprint density at radius 3 is 2.38 bits per heavy atom. The molecular weight excluding hydrogens is 504 g/mol. The van der Waals surface area contributed by atoms with Gasteiger partial charge in [0.1, 0.15) is 0 Å². The minimum Gasteiger partial charge on any atom is -0.387 e. The molecule has 9 heteroatoms. The highest BCUT2D eigenvalue weighted by atomic mass is 19.3. The summed E-state index contributed by atoms with van der Waals surface area (Å²) in [5.74, 6) is -3.98. The van der Waals surface area contributed by atoms with Crippen molar-refractivity contribution in [1.29, 1.82) is 0 Å². The van der Waals surface area contributed by atoms with Gasteiger partial charge in [-0.1, -0.05) is 43.2 Å². The molecule has 1 N–H and O–H groups in total. The number of benzene rings is 1. The van der Waals surface area contributed by atoms with E-state index in [1.165, 1.54) is 15.5 Å². The third-order valence-corrected chi connectivity index (χ3v) is 9.18. The predicted molar refractivity (Wildman–Crippen MR) is 143 cm³/mol. The van der Waals surface area contributed by atoms with Crippen LogP contribution in [-0.4, -0.2) is 70.0 Å². The maximum Gasteiger partial charge on any atom is 0.255 e. The van der Waals surface area contributed by atoms with Crippen LogP contribution in [0.4, 0.5) is 8.78 Å². The lowest BCUT2D eigenvalue weighted by molar-refractivity contribution is -0.163. The first-order chi connectivity index (χ1) is 18.4. The average molecular weight is 542 g/mol. The Kier molecular flexibility index (Phi) is 7.16. The zero-order chi connectivity index (χ0) is 28.0. The van der Waals surface area contributed by atoms with E-state index < -0.39 is 29.3 Å². The Balaban J connectivity index is 1.46. The molecule has 2 heterocycles. The topological polar surface area (TPSA) is 82.8 Å². The van der Waals surface area contributed by atoms with Crippen LogP contribution >= 0.6 is 0 Å². The molecule has 1 spiro atoms. The number of nitrogens with zero attached hydrogens (tertiary/aromatic N) is 3. The molecule has 5 rings (SSSR count). The van der Waals surface area contributed by atoms with Gasteiger partial charge in [-0.05, 0) is 31.2 Å². The summed E-state index contributed by atoms with van der Waals surface area (Å²) in [5, 5.41) is 12.2. The second-order valence-electron chi connectivity index (χ2n) is 12.0. The molecule has 2 atom stereocenters. The van der Waals surface area contributed by atoms with Crippen molar-refractivity contribution in [2.24, 2.45) is 11.3 Å². The summed E-state index contributed by atoms with van der Waals surface area (Å²) in [5.41, 5.74) is -0.585. The molecule has 39 heavy (non-hydrogen) atoms. The quantitative estimate of drug-likeness (QED) is 0.616. The number of aromatic nitrogens is 1. The largest absolute Gasteiger partial charge is 0.387 e. The Morgan fingerprint density at radius 2 is 1.77 bits per heavy atom. The van der Waals surface area contributed by atoms with Crippen molar-refractivity contribution in [2.45, 2.75) is 69.4 Å². The number of rotatable bonds is 5. The maximum absolute atomic E-state index is 13.8. The third kappa shape index (κ3) is 5.13. The van der Waals surface area contributed by atoms with Crippen LogP contribution in [0.5, 0.6) is 0 Å². The number of amides is 2. The Labute approximate surface area is 227 Å². The van der Waals surface area contributed by atoms with Gasteiger partial charge in [0.15, 0.2) is 0 Å². The van der Waals surface area contributed by atoms with Crippen LogP contribution in [0.15, 0.2) is 47.4 Å². The highest BCUT2D eigenvalue weighted by Crippen LogP contribution is 2.52. The smallest absolute Gasteiger partial charge is 0.255 e. The first-order valence-electron chi connectivity index (χ1n) is 13.8. The van der Waals surface area contributed by atoms with E-state index in [-0.39, 0.29) is 49.7 Å². The van der Waals surface area contributed by atoms with E-state index in [1.807, 2.05) is 30.3 Å². The van der Waals surface area contributed by atoms with Crippen molar-refractivity contribution in [3.05, 3.63) is 58.5 Å². The highest BCUT2D eigenvalue weighted by Gasteiger charge is 2.56. The molecule has 2 amide bonds. The van der Waals surface area contributed by atoms with Crippen molar-refractivity contribution in [3.8, 4) is 11.1 Å². The van der Waals surface area contributed by atoms with Crippen molar-refractivity contribution in [2.75, 3.05) is 27.2 Å². The average Bonchev–Trinajstić information content (AvgIpc) is 3.53. The molecule has 0 radical (unpaired) electrons. The van der Waals surface area contributed by atoms with Crippen molar-refractivity contribution in [1.82, 2.24) is 14.4 Å². The molecule has 7 nitrogen and oxygen atoms in total.